The van der Waals surface area contributed by atoms with E-state index in [2.05, 4.69) is 32.9 Å². The number of benzene rings is 1. The molecule has 2 nitrogen and oxygen atoms in total. The van der Waals surface area contributed by atoms with Crippen LogP contribution < -0.4 is 10.5 Å². The average molecular weight is 251 g/mol. The van der Waals surface area contributed by atoms with Crippen LogP contribution in [0.1, 0.15) is 37.8 Å². The van der Waals surface area contributed by atoms with Crippen LogP contribution in [-0.2, 0) is 6.42 Å². The van der Waals surface area contributed by atoms with E-state index in [0.29, 0.717) is 10.9 Å². The molecule has 1 atom stereocenters. The molecule has 0 bridgehead atoms. The lowest BCUT2D eigenvalue weighted by Gasteiger charge is -2.15. The van der Waals surface area contributed by atoms with Crippen molar-refractivity contribution in [1.82, 2.24) is 0 Å². The second-order valence-corrected chi connectivity index (χ2v) is 5.21. The van der Waals surface area contributed by atoms with Crippen LogP contribution in [0.3, 0.4) is 0 Å². The van der Waals surface area contributed by atoms with Gasteiger partial charge in [-0.25, -0.2) is 0 Å². The van der Waals surface area contributed by atoms with Crippen LogP contribution in [-0.4, -0.2) is 12.1 Å². The molecule has 0 heterocycles. The molecular formula is C14H21NOS. The minimum atomic E-state index is 0.235. The highest BCUT2D eigenvalue weighted by molar-refractivity contribution is 7.80. The van der Waals surface area contributed by atoms with Gasteiger partial charge in [0, 0.05) is 5.92 Å². The fourth-order valence-electron chi connectivity index (χ4n) is 1.82. The molecule has 0 radical (unpaired) electrons. The van der Waals surface area contributed by atoms with E-state index in [1.165, 1.54) is 11.1 Å². The maximum atomic E-state index is 5.64. The third-order valence-corrected chi connectivity index (χ3v) is 3.35. The molecule has 0 fully saturated rings. The molecule has 3 heteroatoms. The largest absolute Gasteiger partial charge is 0.496 e. The summed E-state index contributed by atoms with van der Waals surface area (Å²) in [7, 11) is 1.71. The average Bonchev–Trinajstić information content (AvgIpc) is 2.28. The first-order valence-electron chi connectivity index (χ1n) is 5.91. The van der Waals surface area contributed by atoms with Crippen molar-refractivity contribution in [3.05, 3.63) is 29.3 Å². The second kappa shape index (κ2) is 6.01. The number of hydrogen-bond donors (Lipinski definition) is 1. The molecule has 0 aliphatic heterocycles. The fraction of sp³-hybridized carbons (Fsp3) is 0.500. The van der Waals surface area contributed by atoms with Gasteiger partial charge in [-0.15, -0.1) is 0 Å². The zero-order valence-corrected chi connectivity index (χ0v) is 11.8. The molecule has 0 saturated heterocycles. The predicted molar refractivity (Wildman–Crippen MR) is 76.7 cm³/mol. The Hall–Kier alpha value is -1.09. The summed E-state index contributed by atoms with van der Waals surface area (Å²) in [6.07, 6.45) is 0.888. The van der Waals surface area contributed by atoms with Crippen molar-refractivity contribution in [2.75, 3.05) is 7.11 Å². The van der Waals surface area contributed by atoms with Crippen LogP contribution in [0.15, 0.2) is 18.2 Å². The highest BCUT2D eigenvalue weighted by atomic mass is 32.1. The smallest absolute Gasteiger partial charge is 0.122 e. The van der Waals surface area contributed by atoms with Crippen LogP contribution in [0.25, 0.3) is 0 Å². The summed E-state index contributed by atoms with van der Waals surface area (Å²) >= 11 is 5.00. The van der Waals surface area contributed by atoms with Gasteiger partial charge in [-0.05, 0) is 29.5 Å². The number of nitrogens with two attached hydrogens (primary N) is 1. The Bertz CT molecular complexity index is 401. The summed E-state index contributed by atoms with van der Waals surface area (Å²) < 4.78 is 5.36. The highest BCUT2D eigenvalue weighted by Crippen LogP contribution is 2.28. The first kappa shape index (κ1) is 14.0. The minimum Gasteiger partial charge on any atom is -0.496 e. The molecule has 94 valence electrons. The minimum absolute atomic E-state index is 0.235. The molecular weight excluding hydrogens is 230 g/mol. The van der Waals surface area contributed by atoms with E-state index in [0.717, 1.165) is 12.2 Å². The summed E-state index contributed by atoms with van der Waals surface area (Å²) in [6, 6.07) is 6.30. The third-order valence-electron chi connectivity index (χ3n) is 2.94. The second-order valence-electron chi connectivity index (χ2n) is 4.74. The normalized spacial score (nSPS) is 12.5. The van der Waals surface area contributed by atoms with Crippen molar-refractivity contribution >= 4 is 17.2 Å². The van der Waals surface area contributed by atoms with E-state index in [4.69, 9.17) is 22.7 Å². The van der Waals surface area contributed by atoms with Crippen LogP contribution in [0, 0.1) is 5.92 Å². The van der Waals surface area contributed by atoms with Gasteiger partial charge in [0.15, 0.2) is 0 Å². The highest BCUT2D eigenvalue weighted by Gasteiger charge is 2.11. The molecule has 0 saturated carbocycles. The van der Waals surface area contributed by atoms with Gasteiger partial charge in [0.05, 0.1) is 12.1 Å². The molecule has 0 spiro atoms. The summed E-state index contributed by atoms with van der Waals surface area (Å²) in [4.78, 5) is 0.576. The van der Waals surface area contributed by atoms with Crippen molar-refractivity contribution in [3.8, 4) is 5.75 Å². The zero-order valence-electron chi connectivity index (χ0n) is 11.0. The number of rotatable bonds is 5. The predicted octanol–water partition coefficient (Wildman–Crippen LogP) is 3.28. The molecule has 1 aromatic rings. The van der Waals surface area contributed by atoms with Gasteiger partial charge in [-0.2, -0.15) is 0 Å². The van der Waals surface area contributed by atoms with E-state index in [-0.39, 0.29) is 5.92 Å². The Labute approximate surface area is 109 Å². The monoisotopic (exact) mass is 251 g/mol. The van der Waals surface area contributed by atoms with Crippen molar-refractivity contribution in [2.24, 2.45) is 11.7 Å². The molecule has 1 rings (SSSR count). The molecule has 17 heavy (non-hydrogen) atoms. The van der Waals surface area contributed by atoms with Crippen molar-refractivity contribution < 1.29 is 4.74 Å². The van der Waals surface area contributed by atoms with Crippen LogP contribution >= 0.6 is 12.2 Å². The number of methoxy groups -OCH3 is 1. The summed E-state index contributed by atoms with van der Waals surface area (Å²) in [6.45, 7) is 6.39. The Morgan fingerprint density at radius 1 is 1.35 bits per heavy atom. The first-order chi connectivity index (χ1) is 7.95. The number of thiocarbonyl (C=S) groups is 1. The van der Waals surface area contributed by atoms with Gasteiger partial charge in [0.1, 0.15) is 5.75 Å². The third kappa shape index (κ3) is 3.70. The Balaban J connectivity index is 2.96. The fourth-order valence-corrected chi connectivity index (χ4v) is 1.90. The van der Waals surface area contributed by atoms with Crippen molar-refractivity contribution in [2.45, 2.75) is 33.1 Å². The lowest BCUT2D eigenvalue weighted by Crippen LogP contribution is -2.20. The van der Waals surface area contributed by atoms with Gasteiger partial charge >= 0.3 is 0 Å². The maximum absolute atomic E-state index is 5.64. The Morgan fingerprint density at radius 3 is 2.47 bits per heavy atom. The van der Waals surface area contributed by atoms with Gasteiger partial charge in [0.25, 0.3) is 0 Å². The summed E-state index contributed by atoms with van der Waals surface area (Å²) in [5.41, 5.74) is 8.14. The van der Waals surface area contributed by atoms with Crippen molar-refractivity contribution in [3.63, 3.8) is 0 Å². The quantitative estimate of drug-likeness (QED) is 0.816. The van der Waals surface area contributed by atoms with Crippen LogP contribution in [0.5, 0.6) is 5.75 Å². The molecule has 1 aromatic carbocycles. The molecule has 0 amide bonds. The van der Waals surface area contributed by atoms with Gasteiger partial charge < -0.3 is 10.5 Å². The molecule has 0 aliphatic carbocycles. The number of hydrogen-bond acceptors (Lipinski definition) is 2. The van der Waals surface area contributed by atoms with Crippen molar-refractivity contribution in [1.29, 1.82) is 0 Å². The lowest BCUT2D eigenvalue weighted by molar-refractivity contribution is 0.407. The van der Waals surface area contributed by atoms with E-state index >= 15 is 0 Å². The molecule has 0 aromatic heterocycles. The van der Waals surface area contributed by atoms with E-state index in [1.807, 2.05) is 6.07 Å². The molecule has 0 aliphatic rings. The van der Waals surface area contributed by atoms with E-state index < -0.39 is 0 Å². The number of ether oxygens (including phenoxy) is 1. The standard InChI is InChI=1S/C14H21NOS/c1-9(2)12-8-11(5-6-13(12)16-4)7-10(3)14(15)17/h5-6,8-10H,7H2,1-4H3,(H2,15,17). The first-order valence-corrected chi connectivity index (χ1v) is 6.32. The lowest BCUT2D eigenvalue weighted by atomic mass is 9.95. The maximum Gasteiger partial charge on any atom is 0.122 e. The molecule has 2 N–H and O–H groups in total. The Morgan fingerprint density at radius 2 is 2.00 bits per heavy atom. The van der Waals surface area contributed by atoms with E-state index in [1.54, 1.807) is 7.11 Å². The summed E-state index contributed by atoms with van der Waals surface area (Å²) in [5.74, 6) is 1.63. The zero-order chi connectivity index (χ0) is 13.0. The van der Waals surface area contributed by atoms with Gasteiger partial charge in [-0.1, -0.05) is 45.1 Å². The molecule has 1 unspecified atom stereocenters. The van der Waals surface area contributed by atoms with Crippen LogP contribution in [0.2, 0.25) is 0 Å². The topological polar surface area (TPSA) is 35.2 Å². The van der Waals surface area contributed by atoms with E-state index in [9.17, 15) is 0 Å². The van der Waals surface area contributed by atoms with Gasteiger partial charge in [-0.3, -0.25) is 0 Å². The van der Waals surface area contributed by atoms with Crippen LogP contribution in [0.4, 0.5) is 0 Å². The Kier molecular flexibility index (Phi) is 4.94. The summed E-state index contributed by atoms with van der Waals surface area (Å²) in [5, 5.41) is 0. The SMILES string of the molecule is COc1ccc(CC(C)C(N)=S)cc1C(C)C. The van der Waals surface area contributed by atoms with Gasteiger partial charge in [0.2, 0.25) is 0 Å².